The smallest absolute Gasteiger partial charge is 0.112 e. The first-order valence-corrected chi connectivity index (χ1v) is 3.51. The highest BCUT2D eigenvalue weighted by molar-refractivity contribution is 6.20. The topological polar surface area (TPSA) is 45.0 Å². The number of hydrogen-bond acceptors (Lipinski definition) is 3. The molecule has 1 unspecified atom stereocenters. The predicted octanol–water partition coefficient (Wildman–Crippen LogP) is 1.44. The highest BCUT2D eigenvalue weighted by atomic mass is 16.3. The lowest BCUT2D eigenvalue weighted by Crippen LogP contribution is -2.14. The minimum absolute atomic E-state index is 0.178. The lowest BCUT2D eigenvalue weighted by Gasteiger charge is -2.11. The fraction of sp³-hybridized carbons (Fsp3) is 0.250. The van der Waals surface area contributed by atoms with Crippen molar-refractivity contribution in [3.05, 3.63) is 23.5 Å². The van der Waals surface area contributed by atoms with Crippen molar-refractivity contribution in [3.63, 3.8) is 0 Å². The van der Waals surface area contributed by atoms with Gasteiger partial charge in [-0.15, -0.1) is 0 Å². The summed E-state index contributed by atoms with van der Waals surface area (Å²) < 4.78 is 0. The molecular weight excluding hydrogens is 140 g/mol. The molecule has 1 atom stereocenters. The van der Waals surface area contributed by atoms with Crippen LogP contribution in [0.2, 0.25) is 0 Å². The summed E-state index contributed by atoms with van der Waals surface area (Å²) in [5.41, 5.74) is 1.88. The molecule has 0 fully saturated rings. The molecule has 0 spiro atoms. The molecule has 1 aliphatic heterocycles. The third kappa shape index (κ3) is 0.888. The Hall–Kier alpha value is -1.38. The van der Waals surface area contributed by atoms with E-state index in [1.807, 2.05) is 6.92 Å². The minimum atomic E-state index is 0.178. The molecule has 0 aromatic heterocycles. The second kappa shape index (κ2) is 2.05. The zero-order valence-electron chi connectivity index (χ0n) is 6.15. The Morgan fingerprint density at radius 3 is 3.18 bits per heavy atom. The fourth-order valence-corrected chi connectivity index (χ4v) is 1.28. The van der Waals surface area contributed by atoms with Crippen LogP contribution >= 0.6 is 0 Å². The van der Waals surface area contributed by atoms with Crippen LogP contribution in [0.15, 0.2) is 33.7 Å². The van der Waals surface area contributed by atoms with Crippen LogP contribution < -0.4 is 0 Å². The standard InChI is InChI=1S/C8H8N2O/c1-5-2-7(11)3-6-4-9-10-8(5)6/h2-5,11H,1H3. The van der Waals surface area contributed by atoms with Gasteiger partial charge in [0, 0.05) is 11.5 Å². The van der Waals surface area contributed by atoms with Gasteiger partial charge in [0.15, 0.2) is 0 Å². The number of allylic oxidation sites excluding steroid dienone is 3. The normalized spacial score (nSPS) is 27.4. The number of nitrogens with zero attached hydrogens (tertiary/aromatic N) is 2. The van der Waals surface area contributed by atoms with E-state index in [0.717, 1.165) is 11.3 Å². The molecule has 11 heavy (non-hydrogen) atoms. The Bertz CT molecular complexity index is 310. The molecule has 0 aromatic carbocycles. The van der Waals surface area contributed by atoms with Crippen molar-refractivity contribution < 1.29 is 5.11 Å². The van der Waals surface area contributed by atoms with E-state index in [0.29, 0.717) is 5.76 Å². The summed E-state index contributed by atoms with van der Waals surface area (Å²) in [7, 11) is 0. The minimum Gasteiger partial charge on any atom is -0.508 e. The first-order chi connectivity index (χ1) is 5.27. The van der Waals surface area contributed by atoms with Crippen LogP contribution in [0.4, 0.5) is 0 Å². The van der Waals surface area contributed by atoms with Gasteiger partial charge in [-0.25, -0.2) is 0 Å². The molecule has 0 radical (unpaired) electrons. The van der Waals surface area contributed by atoms with Crippen molar-refractivity contribution in [1.29, 1.82) is 0 Å². The van der Waals surface area contributed by atoms with E-state index >= 15 is 0 Å². The number of aliphatic hydroxyl groups is 1. The Kier molecular flexibility index (Phi) is 1.18. The molecule has 1 aliphatic carbocycles. The van der Waals surface area contributed by atoms with Crippen molar-refractivity contribution >= 4 is 11.9 Å². The molecule has 56 valence electrons. The number of aliphatic hydroxyl groups excluding tert-OH is 1. The Morgan fingerprint density at radius 1 is 1.55 bits per heavy atom. The van der Waals surface area contributed by atoms with Crippen LogP contribution in [-0.2, 0) is 0 Å². The van der Waals surface area contributed by atoms with Crippen molar-refractivity contribution in [2.24, 2.45) is 16.1 Å². The highest BCUT2D eigenvalue weighted by Crippen LogP contribution is 2.20. The number of hydrogen-bond donors (Lipinski definition) is 1. The van der Waals surface area contributed by atoms with Gasteiger partial charge in [0.1, 0.15) is 5.76 Å². The van der Waals surface area contributed by atoms with Gasteiger partial charge in [-0.1, -0.05) is 6.92 Å². The fourth-order valence-electron chi connectivity index (χ4n) is 1.28. The van der Waals surface area contributed by atoms with E-state index in [1.165, 1.54) is 0 Å². The average molecular weight is 148 g/mol. The van der Waals surface area contributed by atoms with Gasteiger partial charge in [0.05, 0.1) is 11.9 Å². The second-order valence-electron chi connectivity index (χ2n) is 2.71. The Balaban J connectivity index is 2.46. The third-order valence-electron chi connectivity index (χ3n) is 1.81. The molecule has 1 N–H and O–H groups in total. The molecule has 0 saturated carbocycles. The van der Waals surface area contributed by atoms with Gasteiger partial charge < -0.3 is 5.11 Å². The molecule has 1 heterocycles. The highest BCUT2D eigenvalue weighted by Gasteiger charge is 2.20. The summed E-state index contributed by atoms with van der Waals surface area (Å²) in [6, 6.07) is 0. The monoisotopic (exact) mass is 148 g/mol. The predicted molar refractivity (Wildman–Crippen MR) is 43.9 cm³/mol. The maximum atomic E-state index is 9.19. The SMILES string of the molecule is CC1C=C(O)C=C2C=NN=C21. The first-order valence-electron chi connectivity index (χ1n) is 3.51. The number of fused-ring (bicyclic) bond motifs is 1. The molecule has 0 saturated heterocycles. The average Bonchev–Trinajstić information content (AvgIpc) is 2.34. The summed E-state index contributed by atoms with van der Waals surface area (Å²) in [4.78, 5) is 0. The van der Waals surface area contributed by atoms with Crippen molar-refractivity contribution in [1.82, 2.24) is 0 Å². The lowest BCUT2D eigenvalue weighted by molar-refractivity contribution is 0.426. The van der Waals surface area contributed by atoms with E-state index in [9.17, 15) is 5.11 Å². The summed E-state index contributed by atoms with van der Waals surface area (Å²) in [5, 5.41) is 16.9. The lowest BCUT2D eigenvalue weighted by atomic mass is 9.94. The zero-order valence-corrected chi connectivity index (χ0v) is 6.15. The van der Waals surface area contributed by atoms with Crippen molar-refractivity contribution in [3.8, 4) is 0 Å². The van der Waals surface area contributed by atoms with Crippen LogP contribution in [-0.4, -0.2) is 17.0 Å². The summed E-state index contributed by atoms with van der Waals surface area (Å²) in [6.45, 7) is 1.98. The molecule has 2 rings (SSSR count). The molecule has 3 nitrogen and oxygen atoms in total. The van der Waals surface area contributed by atoms with Gasteiger partial charge in [-0.2, -0.15) is 10.2 Å². The third-order valence-corrected chi connectivity index (χ3v) is 1.81. The van der Waals surface area contributed by atoms with Gasteiger partial charge >= 0.3 is 0 Å². The van der Waals surface area contributed by atoms with E-state index < -0.39 is 0 Å². The second-order valence-corrected chi connectivity index (χ2v) is 2.71. The molecule has 0 amide bonds. The zero-order chi connectivity index (χ0) is 7.84. The number of rotatable bonds is 0. The molecular formula is C8H8N2O. The van der Waals surface area contributed by atoms with Crippen LogP contribution in [0.25, 0.3) is 0 Å². The van der Waals surface area contributed by atoms with Crippen LogP contribution in [0.5, 0.6) is 0 Å². The maximum Gasteiger partial charge on any atom is 0.112 e. The largest absolute Gasteiger partial charge is 0.508 e. The van der Waals surface area contributed by atoms with Gasteiger partial charge in [0.2, 0.25) is 0 Å². The summed E-state index contributed by atoms with van der Waals surface area (Å²) in [6.07, 6.45) is 5.10. The van der Waals surface area contributed by atoms with Crippen molar-refractivity contribution in [2.75, 3.05) is 0 Å². The summed E-state index contributed by atoms with van der Waals surface area (Å²) in [5.74, 6) is 0.484. The molecule has 2 aliphatic rings. The van der Waals surface area contributed by atoms with E-state index in [1.54, 1.807) is 18.4 Å². The van der Waals surface area contributed by atoms with Gasteiger partial charge in [0.25, 0.3) is 0 Å². The van der Waals surface area contributed by atoms with Gasteiger partial charge in [-0.05, 0) is 12.2 Å². The van der Waals surface area contributed by atoms with Crippen LogP contribution in [0, 0.1) is 5.92 Å². The Labute approximate surface area is 64.5 Å². The quantitative estimate of drug-likeness (QED) is 0.555. The molecule has 0 aromatic rings. The molecule has 0 bridgehead atoms. The van der Waals surface area contributed by atoms with E-state index in [4.69, 9.17) is 0 Å². The van der Waals surface area contributed by atoms with E-state index in [-0.39, 0.29) is 5.92 Å². The Morgan fingerprint density at radius 2 is 2.36 bits per heavy atom. The summed E-state index contributed by atoms with van der Waals surface area (Å²) >= 11 is 0. The van der Waals surface area contributed by atoms with E-state index in [2.05, 4.69) is 10.2 Å². The molecule has 3 heteroatoms. The first kappa shape index (κ1) is 6.34. The van der Waals surface area contributed by atoms with Crippen molar-refractivity contribution in [2.45, 2.75) is 6.92 Å². The van der Waals surface area contributed by atoms with Gasteiger partial charge in [-0.3, -0.25) is 0 Å². The van der Waals surface area contributed by atoms with Crippen LogP contribution in [0.3, 0.4) is 0 Å². The maximum absolute atomic E-state index is 9.19. The van der Waals surface area contributed by atoms with Crippen LogP contribution in [0.1, 0.15) is 6.92 Å².